The van der Waals surface area contributed by atoms with Gasteiger partial charge in [-0.05, 0) is 38.5 Å². The summed E-state index contributed by atoms with van der Waals surface area (Å²) in [5, 5.41) is 1.95. The molecular weight excluding hydrogens is 274 g/mol. The lowest BCUT2D eigenvalue weighted by molar-refractivity contribution is 0.383. The summed E-state index contributed by atoms with van der Waals surface area (Å²) >= 11 is 0. The smallest absolute Gasteiger partial charge is 0.227 e. The monoisotopic (exact) mass is 296 g/mol. The minimum Gasteiger partial charge on any atom is -0.435 e. The number of aromatic nitrogens is 1. The molecule has 0 N–H and O–H groups in total. The Kier molecular flexibility index (Phi) is 2.10. The summed E-state index contributed by atoms with van der Waals surface area (Å²) in [7, 11) is 0. The summed E-state index contributed by atoms with van der Waals surface area (Å²) in [6, 6.07) is 8.04. The van der Waals surface area contributed by atoms with Gasteiger partial charge in [0.15, 0.2) is 5.58 Å². The summed E-state index contributed by atoms with van der Waals surface area (Å²) in [6.07, 6.45) is 3.07. The molecule has 0 bridgehead atoms. The van der Waals surface area contributed by atoms with E-state index in [1.165, 1.54) is 4.90 Å². The highest BCUT2D eigenvalue weighted by Crippen LogP contribution is 2.38. The quantitative estimate of drug-likeness (QED) is 0.675. The van der Waals surface area contributed by atoms with Gasteiger partial charge in [0.05, 0.1) is 5.69 Å². The summed E-state index contributed by atoms with van der Waals surface area (Å²) < 4.78 is 29.1. The second-order valence-electron chi connectivity index (χ2n) is 5.76. The number of nitrogens with zero attached hydrogens (tertiary/aromatic N) is 3. The third-order valence-electron chi connectivity index (χ3n) is 4.27. The molecule has 0 radical (unpaired) electrons. The van der Waals surface area contributed by atoms with E-state index in [-0.39, 0.29) is 6.17 Å². The fraction of sp³-hybridized carbons (Fsp3) is 0.278. The van der Waals surface area contributed by atoms with E-state index < -0.39 is 6.98 Å². The van der Waals surface area contributed by atoms with Crippen LogP contribution < -0.4 is 4.90 Å². The van der Waals surface area contributed by atoms with Crippen molar-refractivity contribution in [2.45, 2.75) is 26.9 Å². The number of fused-ring (bicyclic) bond motifs is 3. The highest BCUT2D eigenvalue weighted by atomic mass is 16.3. The first-order valence-electron chi connectivity index (χ1n) is 8.82. The minimum absolute atomic E-state index is 0.334. The van der Waals surface area contributed by atoms with Crippen LogP contribution in [0.25, 0.3) is 22.1 Å². The number of pyridine rings is 1. The van der Waals surface area contributed by atoms with Crippen molar-refractivity contribution in [2.75, 3.05) is 11.9 Å². The molecule has 22 heavy (non-hydrogen) atoms. The molecule has 0 unspecified atom stereocenters. The Bertz CT molecular complexity index is 1010. The zero-order chi connectivity index (χ0) is 17.9. The molecule has 3 heterocycles. The summed E-state index contributed by atoms with van der Waals surface area (Å²) in [5.74, 6) is 0. The Morgan fingerprint density at radius 2 is 1.95 bits per heavy atom. The van der Waals surface area contributed by atoms with Crippen molar-refractivity contribution in [3.05, 3.63) is 47.9 Å². The molecule has 0 spiro atoms. The van der Waals surface area contributed by atoms with Gasteiger partial charge >= 0.3 is 0 Å². The maximum Gasteiger partial charge on any atom is 0.227 e. The van der Waals surface area contributed by atoms with Gasteiger partial charge in [0.2, 0.25) is 5.71 Å². The van der Waals surface area contributed by atoms with Crippen molar-refractivity contribution in [3.8, 4) is 0 Å². The molecular formula is C18H19N3O. The van der Waals surface area contributed by atoms with Crippen LogP contribution in [0.3, 0.4) is 0 Å². The van der Waals surface area contributed by atoms with Crippen LogP contribution in [-0.4, -0.2) is 23.0 Å². The lowest BCUT2D eigenvalue weighted by Gasteiger charge is -2.28. The van der Waals surface area contributed by atoms with Crippen molar-refractivity contribution in [2.24, 2.45) is 0 Å². The number of hydrogen-bond donors (Lipinski definition) is 0. The zero-order valence-corrected chi connectivity index (χ0v) is 12.8. The van der Waals surface area contributed by atoms with Crippen molar-refractivity contribution in [1.82, 2.24) is 9.88 Å². The molecule has 4 nitrogen and oxygen atoms in total. The number of furan rings is 1. The lowest BCUT2D eigenvalue weighted by Crippen LogP contribution is -2.33. The second kappa shape index (κ2) is 4.50. The topological polar surface area (TPSA) is 32.5 Å². The van der Waals surface area contributed by atoms with E-state index in [0.717, 1.165) is 33.3 Å². The van der Waals surface area contributed by atoms with Crippen LogP contribution in [0.1, 0.15) is 22.3 Å². The SMILES string of the molecule is [2H]C([2H])([2H])N1C=CN(c2c(C)ccc3c2oc2nc(C)ccc23)[C@H]1C. The molecule has 1 aliphatic rings. The van der Waals surface area contributed by atoms with E-state index in [4.69, 9.17) is 8.53 Å². The molecule has 2 aromatic heterocycles. The van der Waals surface area contributed by atoms with Crippen molar-refractivity contribution >= 4 is 27.8 Å². The average molecular weight is 296 g/mol. The number of aryl methyl sites for hydroxylation is 2. The van der Waals surface area contributed by atoms with E-state index >= 15 is 0 Å². The Morgan fingerprint density at radius 3 is 2.73 bits per heavy atom. The lowest BCUT2D eigenvalue weighted by atomic mass is 10.1. The number of anilines is 1. The molecule has 0 aliphatic carbocycles. The number of hydrogen-bond acceptors (Lipinski definition) is 4. The van der Waals surface area contributed by atoms with E-state index in [9.17, 15) is 0 Å². The Hall–Kier alpha value is -2.49. The van der Waals surface area contributed by atoms with E-state index in [1.807, 2.05) is 49.9 Å². The first kappa shape index (κ1) is 10.3. The van der Waals surface area contributed by atoms with Gasteiger partial charge in [0.1, 0.15) is 6.17 Å². The predicted octanol–water partition coefficient (Wildman–Crippen LogP) is 4.17. The van der Waals surface area contributed by atoms with E-state index in [1.54, 1.807) is 12.4 Å². The predicted molar refractivity (Wildman–Crippen MR) is 89.8 cm³/mol. The maximum absolute atomic E-state index is 7.69. The van der Waals surface area contributed by atoms with Crippen LogP contribution in [0.15, 0.2) is 41.1 Å². The van der Waals surface area contributed by atoms with Gasteiger partial charge in [-0.1, -0.05) is 12.1 Å². The van der Waals surface area contributed by atoms with E-state index in [2.05, 4.69) is 4.98 Å². The molecule has 1 aromatic carbocycles. The zero-order valence-electron chi connectivity index (χ0n) is 15.8. The summed E-state index contributed by atoms with van der Waals surface area (Å²) in [5.41, 5.74) is 4.13. The van der Waals surface area contributed by atoms with Crippen molar-refractivity contribution in [3.63, 3.8) is 0 Å². The van der Waals surface area contributed by atoms with Crippen LogP contribution in [0.2, 0.25) is 0 Å². The number of rotatable bonds is 1. The summed E-state index contributed by atoms with van der Waals surface area (Å²) in [4.78, 5) is 7.79. The van der Waals surface area contributed by atoms with Gasteiger partial charge in [-0.15, -0.1) is 0 Å². The highest BCUT2D eigenvalue weighted by Gasteiger charge is 2.25. The van der Waals surface area contributed by atoms with Gasteiger partial charge in [0.25, 0.3) is 0 Å². The molecule has 0 fully saturated rings. The Morgan fingerprint density at radius 1 is 1.14 bits per heavy atom. The van der Waals surface area contributed by atoms with E-state index in [0.29, 0.717) is 5.71 Å². The van der Waals surface area contributed by atoms with Crippen molar-refractivity contribution in [1.29, 1.82) is 0 Å². The van der Waals surface area contributed by atoms with Crippen LogP contribution in [-0.2, 0) is 0 Å². The third kappa shape index (κ3) is 1.73. The van der Waals surface area contributed by atoms with Gasteiger partial charge in [-0.2, -0.15) is 0 Å². The molecule has 112 valence electrons. The molecule has 1 atom stereocenters. The largest absolute Gasteiger partial charge is 0.435 e. The Balaban J connectivity index is 1.92. The average Bonchev–Trinajstić information content (AvgIpc) is 3.07. The fourth-order valence-electron chi connectivity index (χ4n) is 3.01. The molecule has 0 amide bonds. The maximum atomic E-state index is 7.69. The Labute approximate surface area is 133 Å². The normalized spacial score (nSPS) is 20.7. The number of benzene rings is 1. The van der Waals surface area contributed by atoms with Gasteiger partial charge in [0, 0.05) is 40.0 Å². The van der Waals surface area contributed by atoms with Crippen LogP contribution in [0, 0.1) is 13.8 Å². The molecule has 0 saturated carbocycles. The second-order valence-corrected chi connectivity index (χ2v) is 5.76. The van der Waals surface area contributed by atoms with Gasteiger partial charge in [-0.25, -0.2) is 4.98 Å². The standard InChI is InChI=1S/C18H19N3O/c1-11-5-7-14-15-8-6-12(2)19-18(15)22-17(14)16(11)21-10-9-20(4)13(21)3/h5-10,13H,1-4H3/t13-/m0/s1/i4D3. The molecule has 0 saturated heterocycles. The van der Waals surface area contributed by atoms with Crippen LogP contribution in [0.5, 0.6) is 0 Å². The van der Waals surface area contributed by atoms with Crippen LogP contribution >= 0.6 is 0 Å². The first-order chi connectivity index (χ1) is 11.8. The van der Waals surface area contributed by atoms with Gasteiger partial charge < -0.3 is 14.2 Å². The first-order valence-corrected chi connectivity index (χ1v) is 7.32. The fourth-order valence-corrected chi connectivity index (χ4v) is 3.01. The summed E-state index contributed by atoms with van der Waals surface area (Å²) in [6.45, 7) is 3.62. The van der Waals surface area contributed by atoms with Gasteiger partial charge in [-0.3, -0.25) is 0 Å². The molecule has 4 heteroatoms. The van der Waals surface area contributed by atoms with Crippen LogP contribution in [0.4, 0.5) is 5.69 Å². The molecule has 1 aliphatic heterocycles. The molecule has 3 aromatic rings. The highest BCUT2D eigenvalue weighted by molar-refractivity contribution is 6.08. The third-order valence-corrected chi connectivity index (χ3v) is 4.27. The van der Waals surface area contributed by atoms with Crippen molar-refractivity contribution < 1.29 is 8.53 Å². The molecule has 4 rings (SSSR count). The minimum atomic E-state index is -2.18.